The summed E-state index contributed by atoms with van der Waals surface area (Å²) in [4.78, 5) is 0. The van der Waals surface area contributed by atoms with Crippen molar-refractivity contribution in [1.82, 2.24) is 0 Å². The standard InChI is InChI=1S/C4H6ClFO/c5-4(6)1-3(4)2-7/h3,7H,1-2H2. The zero-order chi connectivity index (χ0) is 5.49. The van der Waals surface area contributed by atoms with Crippen molar-refractivity contribution >= 4 is 11.6 Å². The van der Waals surface area contributed by atoms with E-state index >= 15 is 0 Å². The molecule has 1 fully saturated rings. The summed E-state index contributed by atoms with van der Waals surface area (Å²) in [5.41, 5.74) is 0. The van der Waals surface area contributed by atoms with Crippen molar-refractivity contribution in [1.29, 1.82) is 0 Å². The third-order valence-corrected chi connectivity index (χ3v) is 1.64. The summed E-state index contributed by atoms with van der Waals surface area (Å²) in [5.74, 6) is -0.297. The lowest BCUT2D eigenvalue weighted by Gasteiger charge is -1.88. The number of aliphatic hydroxyl groups is 1. The van der Waals surface area contributed by atoms with Gasteiger partial charge in [0.1, 0.15) is 0 Å². The molecule has 7 heavy (non-hydrogen) atoms. The molecule has 1 nitrogen and oxygen atoms in total. The first kappa shape index (κ1) is 5.32. The molecule has 42 valence electrons. The number of hydrogen-bond acceptors (Lipinski definition) is 1. The molecule has 0 radical (unpaired) electrons. The van der Waals surface area contributed by atoms with Crippen LogP contribution in [-0.2, 0) is 0 Å². The third-order valence-electron chi connectivity index (χ3n) is 1.18. The average Bonchev–Trinajstić information content (AvgIpc) is 2.13. The molecule has 0 saturated heterocycles. The molecule has 0 aromatic heterocycles. The molecule has 3 heteroatoms. The highest BCUT2D eigenvalue weighted by molar-refractivity contribution is 6.25. The van der Waals surface area contributed by atoms with E-state index in [9.17, 15) is 4.39 Å². The first-order valence-electron chi connectivity index (χ1n) is 2.15. The van der Waals surface area contributed by atoms with Gasteiger partial charge in [-0.1, -0.05) is 11.6 Å². The van der Waals surface area contributed by atoms with E-state index in [4.69, 9.17) is 16.7 Å². The fourth-order valence-corrected chi connectivity index (χ4v) is 0.723. The topological polar surface area (TPSA) is 20.2 Å². The van der Waals surface area contributed by atoms with Crippen LogP contribution in [0.5, 0.6) is 0 Å². The maximum absolute atomic E-state index is 12.1. The monoisotopic (exact) mass is 124 g/mol. The van der Waals surface area contributed by atoms with Crippen molar-refractivity contribution in [3.8, 4) is 0 Å². The first-order chi connectivity index (χ1) is 3.17. The Bertz CT molecular complexity index is 83.8. The van der Waals surface area contributed by atoms with Crippen LogP contribution in [0.15, 0.2) is 0 Å². The van der Waals surface area contributed by atoms with Gasteiger partial charge in [-0.3, -0.25) is 0 Å². The highest BCUT2D eigenvalue weighted by atomic mass is 35.5. The fraction of sp³-hybridized carbons (Fsp3) is 1.00. The number of halogens is 2. The molecular weight excluding hydrogens is 118 g/mol. The quantitative estimate of drug-likeness (QED) is 0.515. The number of aliphatic hydroxyl groups excluding tert-OH is 1. The highest BCUT2D eigenvalue weighted by Crippen LogP contribution is 2.50. The van der Waals surface area contributed by atoms with Gasteiger partial charge in [0.15, 0.2) is 5.13 Å². The molecule has 0 aliphatic heterocycles. The van der Waals surface area contributed by atoms with Gasteiger partial charge in [0.25, 0.3) is 0 Å². The predicted octanol–water partition coefficient (Wildman–Crippen LogP) is 0.903. The molecular formula is C4H6ClFO. The van der Waals surface area contributed by atoms with Crippen LogP contribution in [0.1, 0.15) is 6.42 Å². The molecule has 0 bridgehead atoms. The lowest BCUT2D eigenvalue weighted by atomic mass is 10.5. The second-order valence-corrected chi connectivity index (χ2v) is 2.47. The second kappa shape index (κ2) is 1.33. The van der Waals surface area contributed by atoms with Crippen LogP contribution < -0.4 is 0 Å². The Balaban J connectivity index is 2.30. The second-order valence-electron chi connectivity index (χ2n) is 1.84. The summed E-state index contributed by atoms with van der Waals surface area (Å²) >= 11 is 5.08. The lowest BCUT2D eigenvalue weighted by molar-refractivity contribution is 0.248. The van der Waals surface area contributed by atoms with E-state index in [1.807, 2.05) is 0 Å². The minimum Gasteiger partial charge on any atom is -0.396 e. The van der Waals surface area contributed by atoms with Gasteiger partial charge in [0.05, 0.1) is 6.61 Å². The largest absolute Gasteiger partial charge is 0.396 e. The van der Waals surface area contributed by atoms with E-state index in [1.165, 1.54) is 0 Å². The van der Waals surface area contributed by atoms with Crippen LogP contribution in [0.4, 0.5) is 4.39 Å². The molecule has 0 amide bonds. The van der Waals surface area contributed by atoms with Gasteiger partial charge in [0.2, 0.25) is 0 Å². The van der Waals surface area contributed by atoms with Gasteiger partial charge in [-0.15, -0.1) is 0 Å². The maximum Gasteiger partial charge on any atom is 0.189 e. The summed E-state index contributed by atoms with van der Waals surface area (Å²) in [6, 6.07) is 0. The number of hydrogen-bond donors (Lipinski definition) is 1. The van der Waals surface area contributed by atoms with E-state index in [0.29, 0.717) is 6.42 Å². The summed E-state index contributed by atoms with van der Waals surface area (Å²) in [6.45, 7) is -0.125. The molecule has 1 saturated carbocycles. The SMILES string of the molecule is OCC1CC1(F)Cl. The third kappa shape index (κ3) is 0.864. The first-order valence-corrected chi connectivity index (χ1v) is 2.53. The average molecular weight is 125 g/mol. The molecule has 1 N–H and O–H groups in total. The zero-order valence-electron chi connectivity index (χ0n) is 3.69. The van der Waals surface area contributed by atoms with Crippen LogP contribution >= 0.6 is 11.6 Å². The molecule has 1 aliphatic rings. The maximum atomic E-state index is 12.1. The van der Waals surface area contributed by atoms with Gasteiger partial charge in [-0.05, 0) is 0 Å². The Morgan fingerprint density at radius 1 is 2.00 bits per heavy atom. The summed E-state index contributed by atoms with van der Waals surface area (Å²) in [6.07, 6.45) is 0.311. The Morgan fingerprint density at radius 2 is 2.43 bits per heavy atom. The minimum atomic E-state index is -1.56. The van der Waals surface area contributed by atoms with Gasteiger partial charge in [-0.25, -0.2) is 4.39 Å². The van der Waals surface area contributed by atoms with Crippen molar-refractivity contribution in [3.63, 3.8) is 0 Å². The van der Waals surface area contributed by atoms with Gasteiger partial charge < -0.3 is 5.11 Å². The van der Waals surface area contributed by atoms with Crippen molar-refractivity contribution in [2.75, 3.05) is 6.61 Å². The zero-order valence-corrected chi connectivity index (χ0v) is 4.45. The normalized spacial score (nSPS) is 49.3. The fourth-order valence-electron chi connectivity index (χ4n) is 0.468. The smallest absolute Gasteiger partial charge is 0.189 e. The van der Waals surface area contributed by atoms with Crippen molar-refractivity contribution in [2.24, 2.45) is 5.92 Å². The molecule has 0 heterocycles. The molecule has 2 unspecified atom stereocenters. The summed E-state index contributed by atoms with van der Waals surface area (Å²) in [5, 5.41) is 6.66. The van der Waals surface area contributed by atoms with Gasteiger partial charge in [-0.2, -0.15) is 0 Å². The summed E-state index contributed by atoms with van der Waals surface area (Å²) < 4.78 is 12.1. The molecule has 0 aromatic rings. The Morgan fingerprint density at radius 3 is 2.43 bits per heavy atom. The molecule has 0 aromatic carbocycles. The highest BCUT2D eigenvalue weighted by Gasteiger charge is 2.53. The van der Waals surface area contributed by atoms with Crippen LogP contribution in [0.25, 0.3) is 0 Å². The Labute approximate surface area is 46.1 Å². The predicted molar refractivity (Wildman–Crippen MR) is 24.9 cm³/mol. The molecule has 1 rings (SSSR count). The molecule has 1 aliphatic carbocycles. The van der Waals surface area contributed by atoms with E-state index in [2.05, 4.69) is 0 Å². The Hall–Kier alpha value is 0.180. The minimum absolute atomic E-state index is 0.125. The van der Waals surface area contributed by atoms with Crippen molar-refractivity contribution in [2.45, 2.75) is 11.5 Å². The van der Waals surface area contributed by atoms with Crippen LogP contribution in [0.3, 0.4) is 0 Å². The summed E-state index contributed by atoms with van der Waals surface area (Å²) in [7, 11) is 0. The van der Waals surface area contributed by atoms with Crippen molar-refractivity contribution < 1.29 is 9.50 Å². The lowest BCUT2D eigenvalue weighted by Crippen LogP contribution is -1.95. The van der Waals surface area contributed by atoms with E-state index in [-0.39, 0.29) is 12.5 Å². The van der Waals surface area contributed by atoms with Crippen molar-refractivity contribution in [3.05, 3.63) is 0 Å². The van der Waals surface area contributed by atoms with Gasteiger partial charge in [0, 0.05) is 12.3 Å². The molecule has 0 spiro atoms. The number of rotatable bonds is 1. The molecule has 2 atom stereocenters. The van der Waals surface area contributed by atoms with Gasteiger partial charge >= 0.3 is 0 Å². The Kier molecular flexibility index (Phi) is 1.01. The van der Waals surface area contributed by atoms with E-state index in [0.717, 1.165) is 0 Å². The number of alkyl halides is 2. The van der Waals surface area contributed by atoms with E-state index in [1.54, 1.807) is 0 Å². The van der Waals surface area contributed by atoms with Crippen LogP contribution in [0, 0.1) is 5.92 Å². The van der Waals surface area contributed by atoms with E-state index < -0.39 is 5.13 Å². The van der Waals surface area contributed by atoms with Crippen LogP contribution in [-0.4, -0.2) is 16.8 Å². The van der Waals surface area contributed by atoms with Crippen LogP contribution in [0.2, 0.25) is 0 Å².